The van der Waals surface area contributed by atoms with Crippen LogP contribution in [0.15, 0.2) is 42.5 Å². The lowest BCUT2D eigenvalue weighted by Gasteiger charge is -2.22. The Balaban J connectivity index is 2.05. The van der Waals surface area contributed by atoms with Gasteiger partial charge in [-0.25, -0.2) is 0 Å². The summed E-state index contributed by atoms with van der Waals surface area (Å²) in [5, 5.41) is 7.29. The van der Waals surface area contributed by atoms with Gasteiger partial charge in [-0.3, -0.25) is 0 Å². The Hall–Kier alpha value is -2.07. The third-order valence-electron chi connectivity index (χ3n) is 3.92. The second-order valence-corrected chi connectivity index (χ2v) is 6.29. The fraction of sp³-hybridized carbons (Fsp3) is 0.350. The molecule has 0 amide bonds. The molecule has 0 fully saturated rings. The summed E-state index contributed by atoms with van der Waals surface area (Å²) in [4.78, 5) is 0. The molecular weight excluding hydrogens is 316 g/mol. The van der Waals surface area contributed by atoms with E-state index in [4.69, 9.17) is 17.0 Å². The third kappa shape index (κ3) is 4.96. The molecule has 1 atom stereocenters. The maximum absolute atomic E-state index is 5.52. The zero-order valence-corrected chi connectivity index (χ0v) is 15.7. The lowest BCUT2D eigenvalue weighted by molar-refractivity contribution is 0.340. The molecule has 0 saturated carbocycles. The Bertz CT molecular complexity index is 700. The van der Waals surface area contributed by atoms with Crippen LogP contribution in [-0.4, -0.2) is 11.7 Å². The van der Waals surface area contributed by atoms with Crippen LogP contribution in [0.25, 0.3) is 0 Å². The number of rotatable bonds is 6. The van der Waals surface area contributed by atoms with Gasteiger partial charge in [0, 0.05) is 11.8 Å². The van der Waals surface area contributed by atoms with Crippen LogP contribution >= 0.6 is 12.2 Å². The number of nitrogens with one attached hydrogen (secondary N) is 2. The van der Waals surface area contributed by atoms with Crippen molar-refractivity contribution >= 4 is 23.0 Å². The van der Waals surface area contributed by atoms with Crippen LogP contribution < -0.4 is 15.4 Å². The van der Waals surface area contributed by atoms with Crippen LogP contribution in [0.2, 0.25) is 0 Å². The molecule has 2 rings (SSSR count). The molecule has 0 aromatic heterocycles. The SMILES string of the molecule is CCOc1cccc(NC(=S)N[C@H](CC)c2ccc(C)cc2C)c1. The Morgan fingerprint density at radius 2 is 1.92 bits per heavy atom. The van der Waals surface area contributed by atoms with Gasteiger partial charge < -0.3 is 15.4 Å². The molecule has 3 nitrogen and oxygen atoms in total. The number of anilines is 1. The van der Waals surface area contributed by atoms with E-state index in [9.17, 15) is 0 Å². The molecule has 4 heteroatoms. The minimum Gasteiger partial charge on any atom is -0.494 e. The number of thiocarbonyl (C=S) groups is 1. The molecule has 24 heavy (non-hydrogen) atoms. The maximum atomic E-state index is 5.52. The first-order valence-electron chi connectivity index (χ1n) is 8.41. The zero-order valence-electron chi connectivity index (χ0n) is 14.8. The van der Waals surface area contributed by atoms with Crippen molar-refractivity contribution in [2.45, 2.75) is 40.2 Å². The van der Waals surface area contributed by atoms with E-state index < -0.39 is 0 Å². The minimum absolute atomic E-state index is 0.195. The first kappa shape index (κ1) is 18.3. The predicted octanol–water partition coefficient (Wildman–Crippen LogP) is 5.14. The van der Waals surface area contributed by atoms with Gasteiger partial charge in [0.05, 0.1) is 12.6 Å². The molecule has 0 aliphatic heterocycles. The van der Waals surface area contributed by atoms with Crippen molar-refractivity contribution in [1.29, 1.82) is 0 Å². The van der Waals surface area contributed by atoms with E-state index in [1.807, 2.05) is 31.2 Å². The molecule has 0 saturated heterocycles. The quantitative estimate of drug-likeness (QED) is 0.712. The van der Waals surface area contributed by atoms with Crippen molar-refractivity contribution in [2.24, 2.45) is 0 Å². The Kier molecular flexibility index (Phi) is 6.62. The van der Waals surface area contributed by atoms with Crippen molar-refractivity contribution < 1.29 is 4.74 Å². The first-order chi connectivity index (χ1) is 11.5. The zero-order chi connectivity index (χ0) is 17.5. The van der Waals surface area contributed by atoms with Gasteiger partial charge in [0.15, 0.2) is 5.11 Å². The highest BCUT2D eigenvalue weighted by atomic mass is 32.1. The predicted molar refractivity (Wildman–Crippen MR) is 106 cm³/mol. The summed E-state index contributed by atoms with van der Waals surface area (Å²) in [6.07, 6.45) is 0.963. The van der Waals surface area contributed by atoms with E-state index in [0.29, 0.717) is 11.7 Å². The summed E-state index contributed by atoms with van der Waals surface area (Å²) < 4.78 is 5.52. The molecule has 0 aliphatic carbocycles. The molecule has 2 aromatic rings. The fourth-order valence-corrected chi connectivity index (χ4v) is 3.03. The van der Waals surface area contributed by atoms with E-state index in [1.54, 1.807) is 0 Å². The topological polar surface area (TPSA) is 33.3 Å². The second kappa shape index (κ2) is 8.69. The number of aryl methyl sites for hydroxylation is 2. The van der Waals surface area contributed by atoms with Gasteiger partial charge in [0.1, 0.15) is 5.75 Å². The summed E-state index contributed by atoms with van der Waals surface area (Å²) in [7, 11) is 0. The van der Waals surface area contributed by atoms with Crippen molar-refractivity contribution in [2.75, 3.05) is 11.9 Å². The fourth-order valence-electron chi connectivity index (χ4n) is 2.77. The van der Waals surface area contributed by atoms with Crippen molar-refractivity contribution in [3.8, 4) is 5.75 Å². The minimum atomic E-state index is 0.195. The number of hydrogen-bond donors (Lipinski definition) is 2. The molecular formula is C20H26N2OS. The van der Waals surface area contributed by atoms with Gasteiger partial charge >= 0.3 is 0 Å². The molecule has 0 heterocycles. The second-order valence-electron chi connectivity index (χ2n) is 5.88. The van der Waals surface area contributed by atoms with E-state index >= 15 is 0 Å². The van der Waals surface area contributed by atoms with Gasteiger partial charge in [0.25, 0.3) is 0 Å². The normalized spacial score (nSPS) is 11.7. The highest BCUT2D eigenvalue weighted by Gasteiger charge is 2.13. The lowest BCUT2D eigenvalue weighted by Crippen LogP contribution is -2.32. The molecule has 0 bridgehead atoms. The van der Waals surface area contributed by atoms with Crippen LogP contribution in [0.4, 0.5) is 5.69 Å². The smallest absolute Gasteiger partial charge is 0.171 e. The standard InChI is InChI=1S/C20H26N2OS/c1-5-19(18-11-10-14(3)12-15(18)4)22-20(24)21-16-8-7-9-17(13-16)23-6-2/h7-13,19H,5-6H2,1-4H3,(H2,21,22,24)/t19-/m1/s1. The van der Waals surface area contributed by atoms with Gasteiger partial charge in [-0.05, 0) is 62.7 Å². The number of benzene rings is 2. The van der Waals surface area contributed by atoms with Gasteiger partial charge in [-0.1, -0.05) is 36.8 Å². The van der Waals surface area contributed by atoms with E-state index in [1.165, 1.54) is 16.7 Å². The van der Waals surface area contributed by atoms with Crippen LogP contribution in [0, 0.1) is 13.8 Å². The summed E-state index contributed by atoms with van der Waals surface area (Å²) in [5.74, 6) is 0.840. The first-order valence-corrected chi connectivity index (χ1v) is 8.81. The Morgan fingerprint density at radius 3 is 2.58 bits per heavy atom. The van der Waals surface area contributed by atoms with Crippen molar-refractivity contribution in [1.82, 2.24) is 5.32 Å². The van der Waals surface area contributed by atoms with Gasteiger partial charge in [0.2, 0.25) is 0 Å². The summed E-state index contributed by atoms with van der Waals surface area (Å²) in [6.45, 7) is 9.05. The molecule has 128 valence electrons. The average Bonchev–Trinajstić information content (AvgIpc) is 2.54. The molecule has 0 radical (unpaired) electrons. The van der Waals surface area contributed by atoms with Crippen LogP contribution in [0.3, 0.4) is 0 Å². The van der Waals surface area contributed by atoms with Crippen LogP contribution in [-0.2, 0) is 0 Å². The Labute approximate surface area is 150 Å². The molecule has 0 unspecified atom stereocenters. The summed E-state index contributed by atoms with van der Waals surface area (Å²) in [5.41, 5.74) is 4.78. The monoisotopic (exact) mass is 342 g/mol. The molecule has 0 spiro atoms. The lowest BCUT2D eigenvalue weighted by atomic mass is 9.98. The highest BCUT2D eigenvalue weighted by Crippen LogP contribution is 2.22. The average molecular weight is 343 g/mol. The molecule has 2 N–H and O–H groups in total. The molecule has 2 aromatic carbocycles. The summed E-state index contributed by atoms with van der Waals surface area (Å²) >= 11 is 5.49. The highest BCUT2D eigenvalue weighted by molar-refractivity contribution is 7.80. The van der Waals surface area contributed by atoms with Crippen molar-refractivity contribution in [3.05, 3.63) is 59.2 Å². The van der Waals surface area contributed by atoms with E-state index in [2.05, 4.69) is 49.6 Å². The summed E-state index contributed by atoms with van der Waals surface area (Å²) in [6, 6.07) is 14.6. The molecule has 0 aliphatic rings. The van der Waals surface area contributed by atoms with Crippen LogP contribution in [0.1, 0.15) is 43.0 Å². The van der Waals surface area contributed by atoms with E-state index in [-0.39, 0.29) is 6.04 Å². The third-order valence-corrected chi connectivity index (χ3v) is 4.14. The van der Waals surface area contributed by atoms with Crippen LogP contribution in [0.5, 0.6) is 5.75 Å². The van der Waals surface area contributed by atoms with Gasteiger partial charge in [-0.2, -0.15) is 0 Å². The maximum Gasteiger partial charge on any atom is 0.171 e. The number of hydrogen-bond acceptors (Lipinski definition) is 2. The van der Waals surface area contributed by atoms with E-state index in [0.717, 1.165) is 17.9 Å². The number of ether oxygens (including phenoxy) is 1. The largest absolute Gasteiger partial charge is 0.494 e. The van der Waals surface area contributed by atoms with Crippen molar-refractivity contribution in [3.63, 3.8) is 0 Å². The Morgan fingerprint density at radius 1 is 1.12 bits per heavy atom. The van der Waals surface area contributed by atoms with Gasteiger partial charge in [-0.15, -0.1) is 0 Å².